The first-order valence-electron chi connectivity index (χ1n) is 10.0. The molecule has 0 fully saturated rings. The number of halogens is 5. The summed E-state index contributed by atoms with van der Waals surface area (Å²) in [5.74, 6) is -0.476. The van der Waals surface area contributed by atoms with Crippen LogP contribution in [-0.2, 0) is 16.1 Å². The van der Waals surface area contributed by atoms with E-state index in [9.17, 15) is 33.8 Å². The molecule has 1 heterocycles. The van der Waals surface area contributed by atoms with Crippen LogP contribution >= 0.6 is 10.2 Å². The SMILES string of the molecule is C=C(C)C(=O)OCCCCCCn1c(=O)c(C)cn(-c2ccc(S(F)(F)(F)(F)F)cc2)c1=O. The molecule has 2 aromatic rings. The molecule has 0 radical (unpaired) electrons. The summed E-state index contributed by atoms with van der Waals surface area (Å²) in [7, 11) is -9.83. The highest BCUT2D eigenvalue weighted by Crippen LogP contribution is 3.02. The maximum absolute atomic E-state index is 12.9. The van der Waals surface area contributed by atoms with Crippen LogP contribution in [-0.4, -0.2) is 21.7 Å². The van der Waals surface area contributed by atoms with Crippen LogP contribution in [0, 0.1) is 6.92 Å². The van der Waals surface area contributed by atoms with E-state index in [0.717, 1.165) is 27.5 Å². The predicted octanol–water partition coefficient (Wildman–Crippen LogP) is 5.64. The minimum Gasteiger partial charge on any atom is -0.462 e. The van der Waals surface area contributed by atoms with Gasteiger partial charge in [0.1, 0.15) is 4.90 Å². The molecule has 0 N–H and O–H groups in total. The Balaban J connectivity index is 2.12. The Morgan fingerprint density at radius 3 is 2.12 bits per heavy atom. The van der Waals surface area contributed by atoms with Gasteiger partial charge in [0.25, 0.3) is 5.56 Å². The molecule has 184 valence electrons. The third-order valence-electron chi connectivity index (χ3n) is 4.76. The van der Waals surface area contributed by atoms with Crippen molar-refractivity contribution >= 4 is 16.2 Å². The van der Waals surface area contributed by atoms with Gasteiger partial charge in [0.15, 0.2) is 0 Å². The van der Waals surface area contributed by atoms with Crippen molar-refractivity contribution < 1.29 is 29.0 Å². The monoisotopic (exact) mass is 496 g/mol. The van der Waals surface area contributed by atoms with Crippen molar-refractivity contribution in [3.8, 4) is 5.69 Å². The zero-order chi connectivity index (χ0) is 25.1. The van der Waals surface area contributed by atoms with E-state index in [-0.39, 0.29) is 36.5 Å². The summed E-state index contributed by atoms with van der Waals surface area (Å²) in [6.07, 6.45) is 3.50. The van der Waals surface area contributed by atoms with Crippen LogP contribution in [0.5, 0.6) is 0 Å². The van der Waals surface area contributed by atoms with E-state index >= 15 is 0 Å². The number of aryl methyl sites for hydroxylation is 1. The third-order valence-corrected chi connectivity index (χ3v) is 5.92. The fourth-order valence-corrected chi connectivity index (χ4v) is 3.64. The van der Waals surface area contributed by atoms with Crippen LogP contribution in [0.1, 0.15) is 38.2 Å². The summed E-state index contributed by atoms with van der Waals surface area (Å²) < 4.78 is 71.5. The number of hydrogen-bond donors (Lipinski definition) is 0. The lowest BCUT2D eigenvalue weighted by atomic mass is 10.2. The maximum Gasteiger partial charge on any atom is 0.335 e. The zero-order valence-electron chi connectivity index (χ0n) is 18.2. The predicted molar refractivity (Wildman–Crippen MR) is 117 cm³/mol. The highest BCUT2D eigenvalue weighted by molar-refractivity contribution is 8.45. The van der Waals surface area contributed by atoms with Crippen LogP contribution < -0.4 is 11.2 Å². The molecular formula is C21H25F5N2O4S. The van der Waals surface area contributed by atoms with Crippen molar-refractivity contribution in [3.05, 3.63) is 69.0 Å². The van der Waals surface area contributed by atoms with Gasteiger partial charge in [-0.2, -0.15) is 0 Å². The molecule has 0 amide bonds. The second kappa shape index (κ2) is 8.81. The van der Waals surface area contributed by atoms with Gasteiger partial charge in [0, 0.05) is 23.9 Å². The highest BCUT2D eigenvalue weighted by Gasteiger charge is 2.65. The number of rotatable bonds is 10. The number of carbonyl (C=O) groups is 1. The maximum atomic E-state index is 12.9. The van der Waals surface area contributed by atoms with Crippen molar-refractivity contribution in [2.75, 3.05) is 6.61 Å². The first-order valence-corrected chi connectivity index (χ1v) is 12.0. The molecule has 0 saturated heterocycles. The molecule has 33 heavy (non-hydrogen) atoms. The van der Waals surface area contributed by atoms with Gasteiger partial charge in [0.05, 0.1) is 12.3 Å². The van der Waals surface area contributed by atoms with Crippen LogP contribution in [0.4, 0.5) is 19.4 Å². The molecule has 0 spiro atoms. The molecule has 12 heteroatoms. The van der Waals surface area contributed by atoms with Crippen molar-refractivity contribution in [2.45, 2.75) is 51.0 Å². The highest BCUT2D eigenvalue weighted by atomic mass is 32.5. The molecule has 0 aliphatic carbocycles. The number of hydrogen-bond acceptors (Lipinski definition) is 4. The standard InChI is InChI=1S/C21H25F5N2O4S/c1-15(2)20(30)32-13-7-5-4-6-12-27-19(29)16(3)14-28(21(27)31)17-8-10-18(11-9-17)33(22,23,24,25)26/h8-11,14H,1,4-7,12-13H2,2-3H3. The Bertz CT molecular complexity index is 1170. The molecule has 0 unspecified atom stereocenters. The number of ether oxygens (including phenoxy) is 1. The Labute approximate surface area is 187 Å². The van der Waals surface area contributed by atoms with Gasteiger partial charge < -0.3 is 4.74 Å². The van der Waals surface area contributed by atoms with Gasteiger partial charge in [-0.05, 0) is 57.4 Å². The second-order valence-corrected chi connectivity index (χ2v) is 10.1. The second-order valence-electron chi connectivity index (χ2n) is 7.71. The van der Waals surface area contributed by atoms with Crippen molar-refractivity contribution in [1.82, 2.24) is 9.13 Å². The Hall–Kier alpha value is -2.89. The zero-order valence-corrected chi connectivity index (χ0v) is 19.0. The quantitative estimate of drug-likeness (QED) is 0.185. The molecule has 2 rings (SSSR count). The van der Waals surface area contributed by atoms with Gasteiger partial charge in [-0.25, -0.2) is 9.59 Å². The lowest BCUT2D eigenvalue weighted by Crippen LogP contribution is -2.40. The summed E-state index contributed by atoms with van der Waals surface area (Å²) in [6.45, 7) is 6.73. The molecule has 1 aromatic heterocycles. The molecule has 1 aromatic carbocycles. The van der Waals surface area contributed by atoms with Gasteiger partial charge in [-0.3, -0.25) is 13.9 Å². The fraction of sp³-hybridized carbons (Fsp3) is 0.381. The summed E-state index contributed by atoms with van der Waals surface area (Å²) in [6, 6.07) is 1.95. The van der Waals surface area contributed by atoms with Gasteiger partial charge in [0.2, 0.25) is 0 Å². The largest absolute Gasteiger partial charge is 0.462 e. The molecule has 0 atom stereocenters. The molecular weight excluding hydrogens is 471 g/mol. The molecule has 0 bridgehead atoms. The van der Waals surface area contributed by atoms with Crippen LogP contribution in [0.3, 0.4) is 0 Å². The molecule has 6 nitrogen and oxygen atoms in total. The van der Waals surface area contributed by atoms with Crippen molar-refractivity contribution in [3.63, 3.8) is 0 Å². The minimum atomic E-state index is -9.83. The topological polar surface area (TPSA) is 70.3 Å². The summed E-state index contributed by atoms with van der Waals surface area (Å²) >= 11 is 0. The molecule has 0 aliphatic rings. The van der Waals surface area contributed by atoms with E-state index in [4.69, 9.17) is 4.74 Å². The van der Waals surface area contributed by atoms with E-state index < -0.39 is 32.3 Å². The Kier molecular flexibility index (Phi) is 7.03. The molecule has 0 aliphatic heterocycles. The average Bonchev–Trinajstić information content (AvgIpc) is 2.70. The van der Waals surface area contributed by atoms with E-state index in [0.29, 0.717) is 31.3 Å². The van der Waals surface area contributed by atoms with Gasteiger partial charge in [-0.15, -0.1) is 0 Å². The summed E-state index contributed by atoms with van der Waals surface area (Å²) in [5.41, 5.74) is -0.954. The third kappa shape index (κ3) is 7.04. The van der Waals surface area contributed by atoms with Crippen molar-refractivity contribution in [1.29, 1.82) is 0 Å². The first kappa shape index (κ1) is 26.4. The van der Waals surface area contributed by atoms with Crippen LogP contribution in [0.15, 0.2) is 57.1 Å². The van der Waals surface area contributed by atoms with Gasteiger partial charge in [-0.1, -0.05) is 32.4 Å². The van der Waals surface area contributed by atoms with E-state index in [1.54, 1.807) is 0 Å². The lowest BCUT2D eigenvalue weighted by Gasteiger charge is -2.40. The lowest BCUT2D eigenvalue weighted by molar-refractivity contribution is -0.139. The number of aromatic nitrogens is 2. The fourth-order valence-electron chi connectivity index (χ4n) is 2.99. The average molecular weight is 496 g/mol. The van der Waals surface area contributed by atoms with Crippen LogP contribution in [0.2, 0.25) is 0 Å². The van der Waals surface area contributed by atoms with Crippen molar-refractivity contribution in [2.24, 2.45) is 0 Å². The van der Waals surface area contributed by atoms with E-state index in [2.05, 4.69) is 6.58 Å². The van der Waals surface area contributed by atoms with E-state index in [1.165, 1.54) is 13.8 Å². The number of carbonyl (C=O) groups excluding carboxylic acids is 1. The number of benzene rings is 1. The Morgan fingerprint density at radius 1 is 1.00 bits per heavy atom. The summed E-state index contributed by atoms with van der Waals surface area (Å²) in [4.78, 5) is 34.4. The van der Waals surface area contributed by atoms with Crippen LogP contribution in [0.25, 0.3) is 5.69 Å². The van der Waals surface area contributed by atoms with Gasteiger partial charge >= 0.3 is 21.9 Å². The number of nitrogens with zero attached hydrogens (tertiary/aromatic N) is 2. The smallest absolute Gasteiger partial charge is 0.335 e. The minimum absolute atomic E-state index is 0.0639. The first-order chi connectivity index (χ1) is 15.0. The summed E-state index contributed by atoms with van der Waals surface area (Å²) in [5, 5.41) is 0. The molecule has 0 saturated carbocycles. The number of unbranched alkanes of at least 4 members (excludes halogenated alkanes) is 3. The normalized spacial score (nSPS) is 13.8. The Morgan fingerprint density at radius 2 is 1.58 bits per heavy atom. The number of esters is 1. The van der Waals surface area contributed by atoms with E-state index in [1.807, 2.05) is 0 Å².